The standard InChI is InChI=1S/C13H19FN2O3S/c1-19-12-4-2-3-10(13(12)14)11(16-15)7-9-5-6-20(17,18)8-9/h2-4,9,11,16H,5-8,15H2,1H3. The van der Waals surface area contributed by atoms with Gasteiger partial charge in [-0.15, -0.1) is 0 Å². The van der Waals surface area contributed by atoms with Gasteiger partial charge >= 0.3 is 0 Å². The molecule has 0 aromatic heterocycles. The molecule has 0 saturated carbocycles. The predicted octanol–water partition coefficient (Wildman–Crippen LogP) is 1.16. The third-order valence-corrected chi connectivity index (χ3v) is 5.52. The molecule has 7 heteroatoms. The van der Waals surface area contributed by atoms with Gasteiger partial charge in [0.25, 0.3) is 0 Å². The first kappa shape index (κ1) is 15.2. The summed E-state index contributed by atoms with van der Waals surface area (Å²) in [7, 11) is -1.54. The molecule has 1 aliphatic rings. The summed E-state index contributed by atoms with van der Waals surface area (Å²) in [5.41, 5.74) is 2.97. The van der Waals surface area contributed by atoms with Crippen molar-refractivity contribution in [2.75, 3.05) is 18.6 Å². The molecule has 112 valence electrons. The molecule has 3 N–H and O–H groups in total. The van der Waals surface area contributed by atoms with E-state index in [1.54, 1.807) is 12.1 Å². The van der Waals surface area contributed by atoms with E-state index >= 15 is 0 Å². The van der Waals surface area contributed by atoms with Crippen molar-refractivity contribution in [1.82, 2.24) is 5.43 Å². The summed E-state index contributed by atoms with van der Waals surface area (Å²) in [5, 5.41) is 0. The zero-order valence-corrected chi connectivity index (χ0v) is 12.1. The van der Waals surface area contributed by atoms with Crippen molar-refractivity contribution in [3.05, 3.63) is 29.6 Å². The molecule has 1 heterocycles. The fraction of sp³-hybridized carbons (Fsp3) is 0.538. The van der Waals surface area contributed by atoms with Gasteiger partial charge in [-0.2, -0.15) is 0 Å². The minimum Gasteiger partial charge on any atom is -0.494 e. The van der Waals surface area contributed by atoms with E-state index in [1.807, 2.05) is 0 Å². The first-order valence-electron chi connectivity index (χ1n) is 6.46. The molecule has 0 bridgehead atoms. The quantitative estimate of drug-likeness (QED) is 0.630. The van der Waals surface area contributed by atoms with Crippen LogP contribution < -0.4 is 16.0 Å². The van der Waals surface area contributed by atoms with Gasteiger partial charge in [0.15, 0.2) is 21.4 Å². The van der Waals surface area contributed by atoms with Crippen LogP contribution in [-0.4, -0.2) is 27.0 Å². The van der Waals surface area contributed by atoms with Gasteiger partial charge in [-0.05, 0) is 24.8 Å². The molecule has 2 atom stereocenters. The van der Waals surface area contributed by atoms with Crippen molar-refractivity contribution in [1.29, 1.82) is 0 Å². The van der Waals surface area contributed by atoms with E-state index in [4.69, 9.17) is 10.6 Å². The first-order valence-corrected chi connectivity index (χ1v) is 8.28. The summed E-state index contributed by atoms with van der Waals surface area (Å²) < 4.78 is 42.1. The van der Waals surface area contributed by atoms with Crippen molar-refractivity contribution < 1.29 is 17.5 Å². The lowest BCUT2D eigenvalue weighted by molar-refractivity contribution is 0.369. The van der Waals surface area contributed by atoms with E-state index in [0.29, 0.717) is 18.4 Å². The Balaban J connectivity index is 2.17. The molecule has 5 nitrogen and oxygen atoms in total. The van der Waals surface area contributed by atoms with Crippen molar-refractivity contribution in [3.8, 4) is 5.75 Å². The lowest BCUT2D eigenvalue weighted by atomic mass is 9.94. The molecule has 0 aliphatic carbocycles. The molecule has 0 spiro atoms. The minimum atomic E-state index is -2.94. The normalized spacial score (nSPS) is 22.6. The van der Waals surface area contributed by atoms with Crippen molar-refractivity contribution in [2.45, 2.75) is 18.9 Å². The van der Waals surface area contributed by atoms with Crippen molar-refractivity contribution >= 4 is 9.84 Å². The van der Waals surface area contributed by atoms with Crippen molar-refractivity contribution in [3.63, 3.8) is 0 Å². The molecular weight excluding hydrogens is 283 g/mol. The molecule has 2 rings (SSSR count). The molecule has 20 heavy (non-hydrogen) atoms. The SMILES string of the molecule is COc1cccc(C(CC2CCS(=O)(=O)C2)NN)c1F. The molecule has 1 aromatic rings. The summed E-state index contributed by atoms with van der Waals surface area (Å²) in [6.07, 6.45) is 1.09. The monoisotopic (exact) mass is 302 g/mol. The second kappa shape index (κ2) is 6.07. The Morgan fingerprint density at radius 1 is 1.55 bits per heavy atom. The number of sulfone groups is 1. The van der Waals surface area contributed by atoms with Crippen LogP contribution in [0.3, 0.4) is 0 Å². The van der Waals surface area contributed by atoms with Crippen LogP contribution in [-0.2, 0) is 9.84 Å². The number of benzene rings is 1. The van der Waals surface area contributed by atoms with Crippen LogP contribution >= 0.6 is 0 Å². The van der Waals surface area contributed by atoms with Gasteiger partial charge in [-0.1, -0.05) is 12.1 Å². The molecule has 1 saturated heterocycles. The van der Waals surface area contributed by atoms with Crippen LogP contribution in [0, 0.1) is 11.7 Å². The number of rotatable bonds is 5. The minimum absolute atomic E-state index is 0.00616. The number of halogens is 1. The summed E-state index contributed by atoms with van der Waals surface area (Å²) in [6, 6.07) is 4.43. The number of hydrazine groups is 1. The van der Waals surface area contributed by atoms with Gasteiger partial charge in [0, 0.05) is 11.6 Å². The van der Waals surface area contributed by atoms with Gasteiger partial charge in [-0.3, -0.25) is 11.3 Å². The number of nitrogens with one attached hydrogen (secondary N) is 1. The van der Waals surface area contributed by atoms with Gasteiger partial charge in [0.2, 0.25) is 0 Å². The number of methoxy groups -OCH3 is 1. The third kappa shape index (κ3) is 3.28. The molecule has 2 unspecified atom stereocenters. The average molecular weight is 302 g/mol. The van der Waals surface area contributed by atoms with Crippen LogP contribution in [0.15, 0.2) is 18.2 Å². The molecule has 0 radical (unpaired) electrons. The highest BCUT2D eigenvalue weighted by molar-refractivity contribution is 7.91. The van der Waals surface area contributed by atoms with E-state index < -0.39 is 21.7 Å². The van der Waals surface area contributed by atoms with Crippen molar-refractivity contribution in [2.24, 2.45) is 11.8 Å². The number of nitrogens with two attached hydrogens (primary N) is 1. The number of hydrogen-bond acceptors (Lipinski definition) is 5. The maximum atomic E-state index is 14.2. The topological polar surface area (TPSA) is 81.4 Å². The van der Waals surface area contributed by atoms with Gasteiger partial charge < -0.3 is 4.74 Å². The molecule has 1 fully saturated rings. The predicted molar refractivity (Wildman–Crippen MR) is 74.4 cm³/mol. The van der Waals surface area contributed by atoms with E-state index in [1.165, 1.54) is 13.2 Å². The summed E-state index contributed by atoms with van der Waals surface area (Å²) in [6.45, 7) is 0. The fourth-order valence-electron chi connectivity index (χ4n) is 2.63. The van der Waals surface area contributed by atoms with Gasteiger partial charge in [0.05, 0.1) is 18.6 Å². The number of ether oxygens (including phenoxy) is 1. The van der Waals surface area contributed by atoms with E-state index in [2.05, 4.69) is 5.43 Å². The highest BCUT2D eigenvalue weighted by Crippen LogP contribution is 2.32. The Kier molecular flexibility index (Phi) is 4.62. The second-order valence-electron chi connectivity index (χ2n) is 5.09. The largest absolute Gasteiger partial charge is 0.494 e. The first-order chi connectivity index (χ1) is 9.46. The van der Waals surface area contributed by atoms with E-state index in [9.17, 15) is 12.8 Å². The second-order valence-corrected chi connectivity index (χ2v) is 7.32. The lowest BCUT2D eigenvalue weighted by Crippen LogP contribution is -2.30. The highest BCUT2D eigenvalue weighted by atomic mass is 32.2. The summed E-state index contributed by atoms with van der Waals surface area (Å²) in [4.78, 5) is 0. The Morgan fingerprint density at radius 2 is 2.30 bits per heavy atom. The zero-order valence-electron chi connectivity index (χ0n) is 11.3. The molecule has 1 aromatic carbocycles. The Labute approximate surface area is 118 Å². The third-order valence-electron chi connectivity index (χ3n) is 3.69. The molecular formula is C13H19FN2O3S. The van der Waals surface area contributed by atoms with Crippen LogP contribution in [0.4, 0.5) is 4.39 Å². The summed E-state index contributed by atoms with van der Waals surface area (Å²) in [5.74, 6) is 5.56. The van der Waals surface area contributed by atoms with E-state index in [-0.39, 0.29) is 23.2 Å². The Bertz CT molecular complexity index is 577. The molecule has 1 aliphatic heterocycles. The maximum absolute atomic E-state index is 14.2. The fourth-order valence-corrected chi connectivity index (χ4v) is 4.51. The average Bonchev–Trinajstić information content (AvgIpc) is 2.76. The van der Waals surface area contributed by atoms with Crippen LogP contribution in [0.1, 0.15) is 24.4 Å². The van der Waals surface area contributed by atoms with Crippen LogP contribution in [0.5, 0.6) is 5.75 Å². The Morgan fingerprint density at radius 3 is 2.85 bits per heavy atom. The van der Waals surface area contributed by atoms with E-state index in [0.717, 1.165) is 0 Å². The zero-order chi connectivity index (χ0) is 14.8. The smallest absolute Gasteiger partial charge is 0.169 e. The maximum Gasteiger partial charge on any atom is 0.169 e. The van der Waals surface area contributed by atoms with Crippen LogP contribution in [0.2, 0.25) is 0 Å². The molecule has 0 amide bonds. The summed E-state index contributed by atoms with van der Waals surface area (Å²) >= 11 is 0. The lowest BCUT2D eigenvalue weighted by Gasteiger charge is -2.20. The Hall–Kier alpha value is -1.18. The highest BCUT2D eigenvalue weighted by Gasteiger charge is 2.31. The van der Waals surface area contributed by atoms with Crippen LogP contribution in [0.25, 0.3) is 0 Å². The van der Waals surface area contributed by atoms with Gasteiger partial charge in [0.1, 0.15) is 0 Å². The number of hydrogen-bond donors (Lipinski definition) is 2. The van der Waals surface area contributed by atoms with Gasteiger partial charge in [-0.25, -0.2) is 12.8 Å².